The Hall–Kier alpha value is -1.91. The van der Waals surface area contributed by atoms with E-state index in [4.69, 9.17) is 5.73 Å². The molecule has 2 rings (SSSR count). The van der Waals surface area contributed by atoms with E-state index in [0.29, 0.717) is 17.0 Å². The third-order valence-electron chi connectivity index (χ3n) is 4.16. The van der Waals surface area contributed by atoms with E-state index in [1.165, 1.54) is 11.6 Å². The van der Waals surface area contributed by atoms with Gasteiger partial charge in [0, 0.05) is 6.54 Å². The third kappa shape index (κ3) is 4.13. The van der Waals surface area contributed by atoms with Crippen molar-refractivity contribution in [1.29, 1.82) is 0 Å². The van der Waals surface area contributed by atoms with Gasteiger partial charge in [-0.05, 0) is 41.7 Å². The first-order chi connectivity index (χ1) is 11.5. The molecular weight excluding hydrogens is 318 g/mol. The summed E-state index contributed by atoms with van der Waals surface area (Å²) in [5.41, 5.74) is 8.44. The first-order valence-electron chi connectivity index (χ1n) is 8.27. The summed E-state index contributed by atoms with van der Waals surface area (Å²) in [5.74, 6) is 0. The summed E-state index contributed by atoms with van der Waals surface area (Å²) in [6.45, 7) is 6.30. The van der Waals surface area contributed by atoms with Gasteiger partial charge in [-0.15, -0.1) is 6.58 Å². The topological polar surface area (TPSA) is 60.2 Å². The highest BCUT2D eigenvalue weighted by atomic mass is 32.2. The number of rotatable bonds is 8. The van der Waals surface area contributed by atoms with Crippen LogP contribution in [0.2, 0.25) is 0 Å². The van der Waals surface area contributed by atoms with Gasteiger partial charge in [-0.25, -0.2) is 8.42 Å². The van der Waals surface area contributed by atoms with Gasteiger partial charge >= 0.3 is 0 Å². The van der Waals surface area contributed by atoms with Crippen LogP contribution >= 0.6 is 0 Å². The lowest BCUT2D eigenvalue weighted by Gasteiger charge is -2.15. The highest BCUT2D eigenvalue weighted by Crippen LogP contribution is 2.30. The summed E-state index contributed by atoms with van der Waals surface area (Å²) >= 11 is 0. The van der Waals surface area contributed by atoms with Gasteiger partial charge in [-0.2, -0.15) is 0 Å². The van der Waals surface area contributed by atoms with Crippen molar-refractivity contribution in [3.05, 3.63) is 77.9 Å². The van der Waals surface area contributed by atoms with Gasteiger partial charge in [0.2, 0.25) is 0 Å². The number of hydrogen-bond acceptors (Lipinski definition) is 3. The van der Waals surface area contributed by atoms with E-state index in [1.54, 1.807) is 12.1 Å². The smallest absolute Gasteiger partial charge is 0.188 e. The summed E-state index contributed by atoms with van der Waals surface area (Å²) < 4.78 is 25.9. The molecule has 0 aromatic heterocycles. The van der Waals surface area contributed by atoms with E-state index >= 15 is 0 Å². The summed E-state index contributed by atoms with van der Waals surface area (Å²) in [4.78, 5) is 0.329. The van der Waals surface area contributed by atoms with Crippen LogP contribution in [0.15, 0.2) is 66.1 Å². The maximum atomic E-state index is 12.9. The molecule has 0 heterocycles. The Balaban J connectivity index is 2.30. The highest BCUT2D eigenvalue weighted by Gasteiger charge is 2.26. The van der Waals surface area contributed by atoms with Crippen molar-refractivity contribution in [3.8, 4) is 0 Å². The maximum absolute atomic E-state index is 12.9. The molecule has 4 heteroatoms. The van der Waals surface area contributed by atoms with E-state index in [1.807, 2.05) is 36.4 Å². The number of nitrogens with two attached hydrogens (primary N) is 1. The SMILES string of the molecule is C=CC(c1ccc(CN)cc1)S(=O)(=O)c1ccc(CCCC)cc1. The maximum Gasteiger partial charge on any atom is 0.188 e. The number of unbranched alkanes of at least 4 members (excludes halogenated alkanes) is 1. The Morgan fingerprint density at radius 1 is 1.04 bits per heavy atom. The number of aryl methyl sites for hydroxylation is 1. The molecule has 128 valence electrons. The minimum absolute atomic E-state index is 0.329. The molecule has 2 N–H and O–H groups in total. The fourth-order valence-electron chi connectivity index (χ4n) is 2.66. The molecule has 0 saturated carbocycles. The number of hydrogen-bond donors (Lipinski definition) is 1. The Morgan fingerprint density at radius 3 is 2.12 bits per heavy atom. The minimum Gasteiger partial charge on any atom is -0.326 e. The summed E-state index contributed by atoms with van der Waals surface area (Å²) in [6.07, 6.45) is 4.69. The molecule has 0 bridgehead atoms. The molecule has 3 nitrogen and oxygen atoms in total. The normalized spacial score (nSPS) is 12.8. The Kier molecular flexibility index (Phi) is 6.35. The monoisotopic (exact) mass is 343 g/mol. The zero-order valence-corrected chi connectivity index (χ0v) is 14.9. The van der Waals surface area contributed by atoms with Gasteiger partial charge in [-0.3, -0.25) is 0 Å². The van der Waals surface area contributed by atoms with Crippen molar-refractivity contribution in [2.24, 2.45) is 5.73 Å². The molecule has 1 unspecified atom stereocenters. The predicted octanol–water partition coefficient (Wildman–Crippen LogP) is 4.19. The van der Waals surface area contributed by atoms with Crippen LogP contribution in [0.25, 0.3) is 0 Å². The van der Waals surface area contributed by atoms with Gasteiger partial charge in [0.25, 0.3) is 0 Å². The Morgan fingerprint density at radius 2 is 1.62 bits per heavy atom. The lowest BCUT2D eigenvalue weighted by Crippen LogP contribution is -2.12. The molecule has 2 aromatic carbocycles. The zero-order chi connectivity index (χ0) is 17.6. The molecule has 24 heavy (non-hydrogen) atoms. The molecule has 0 aliphatic heterocycles. The van der Waals surface area contributed by atoms with Crippen molar-refractivity contribution in [2.45, 2.75) is 42.9 Å². The first-order valence-corrected chi connectivity index (χ1v) is 9.81. The minimum atomic E-state index is -3.51. The molecular formula is C20H25NO2S. The van der Waals surface area contributed by atoms with E-state index in [2.05, 4.69) is 13.5 Å². The van der Waals surface area contributed by atoms with E-state index in [-0.39, 0.29) is 0 Å². The summed E-state index contributed by atoms with van der Waals surface area (Å²) in [6, 6.07) is 14.5. The fourth-order valence-corrected chi connectivity index (χ4v) is 4.24. The van der Waals surface area contributed by atoms with Crippen LogP contribution in [-0.2, 0) is 22.8 Å². The molecule has 0 spiro atoms. The van der Waals surface area contributed by atoms with E-state index in [9.17, 15) is 8.42 Å². The molecule has 0 aliphatic carbocycles. The summed E-state index contributed by atoms with van der Waals surface area (Å²) in [7, 11) is -3.51. The van der Waals surface area contributed by atoms with Gasteiger partial charge in [0.1, 0.15) is 5.25 Å². The fraction of sp³-hybridized carbons (Fsp3) is 0.300. The second kappa shape index (κ2) is 8.27. The van der Waals surface area contributed by atoms with Gasteiger partial charge in [-0.1, -0.05) is 55.8 Å². The highest BCUT2D eigenvalue weighted by molar-refractivity contribution is 7.91. The van der Waals surface area contributed by atoms with Crippen LogP contribution in [-0.4, -0.2) is 8.42 Å². The van der Waals surface area contributed by atoms with Crippen LogP contribution in [0.5, 0.6) is 0 Å². The van der Waals surface area contributed by atoms with Crippen molar-refractivity contribution in [1.82, 2.24) is 0 Å². The van der Waals surface area contributed by atoms with E-state index in [0.717, 1.165) is 24.8 Å². The number of benzene rings is 2. The van der Waals surface area contributed by atoms with Gasteiger partial charge in [0.15, 0.2) is 9.84 Å². The lowest BCUT2D eigenvalue weighted by molar-refractivity contribution is 0.590. The molecule has 0 saturated heterocycles. The Labute approximate surface area is 145 Å². The quantitative estimate of drug-likeness (QED) is 0.731. The second-order valence-corrected chi connectivity index (χ2v) is 7.96. The van der Waals surface area contributed by atoms with Crippen LogP contribution in [0.4, 0.5) is 0 Å². The molecule has 0 radical (unpaired) electrons. The molecule has 0 fully saturated rings. The molecule has 2 aromatic rings. The Bertz CT molecular complexity index is 762. The summed E-state index contributed by atoms with van der Waals surface area (Å²) in [5, 5.41) is -0.759. The van der Waals surface area contributed by atoms with E-state index < -0.39 is 15.1 Å². The molecule has 0 amide bonds. The molecule has 0 aliphatic rings. The average Bonchev–Trinajstić information content (AvgIpc) is 2.61. The number of sulfone groups is 1. The van der Waals surface area contributed by atoms with Crippen molar-refractivity contribution in [3.63, 3.8) is 0 Å². The zero-order valence-electron chi connectivity index (χ0n) is 14.1. The largest absolute Gasteiger partial charge is 0.326 e. The van der Waals surface area contributed by atoms with Crippen molar-refractivity contribution >= 4 is 9.84 Å². The van der Waals surface area contributed by atoms with Crippen LogP contribution in [0.1, 0.15) is 41.7 Å². The average molecular weight is 343 g/mol. The first kappa shape index (κ1) is 18.4. The van der Waals surface area contributed by atoms with Crippen LogP contribution in [0, 0.1) is 0 Å². The predicted molar refractivity (Wildman–Crippen MR) is 99.5 cm³/mol. The molecule has 1 atom stereocenters. The van der Waals surface area contributed by atoms with Crippen molar-refractivity contribution < 1.29 is 8.42 Å². The van der Waals surface area contributed by atoms with Gasteiger partial charge < -0.3 is 5.73 Å². The lowest BCUT2D eigenvalue weighted by atomic mass is 10.1. The standard InChI is InChI=1S/C20H25NO2S/c1-3-5-6-16-9-13-19(14-10-16)24(22,23)20(4-2)18-11-7-17(15-21)8-12-18/h4,7-14,20H,2-3,5-6,15,21H2,1H3. The van der Waals surface area contributed by atoms with Crippen LogP contribution in [0.3, 0.4) is 0 Å². The van der Waals surface area contributed by atoms with Crippen molar-refractivity contribution in [2.75, 3.05) is 0 Å². The second-order valence-electron chi connectivity index (χ2n) is 5.89. The third-order valence-corrected chi connectivity index (χ3v) is 6.23. The van der Waals surface area contributed by atoms with Gasteiger partial charge in [0.05, 0.1) is 4.90 Å². The van der Waals surface area contributed by atoms with Crippen LogP contribution < -0.4 is 5.73 Å².